The maximum atomic E-state index is 12.4. The van der Waals surface area contributed by atoms with Crippen LogP contribution in [0.3, 0.4) is 0 Å². The van der Waals surface area contributed by atoms with Gasteiger partial charge in [-0.05, 0) is 57.2 Å². The zero-order chi connectivity index (χ0) is 18.1. The van der Waals surface area contributed by atoms with Gasteiger partial charge in [0.2, 0.25) is 0 Å². The lowest BCUT2D eigenvalue weighted by molar-refractivity contribution is -0.149. The summed E-state index contributed by atoms with van der Waals surface area (Å²) < 4.78 is 12.0. The number of esters is 1. The minimum Gasteiger partial charge on any atom is -0.469 e. The van der Waals surface area contributed by atoms with Crippen LogP contribution in [-0.2, 0) is 14.0 Å². The summed E-state index contributed by atoms with van der Waals surface area (Å²) in [5, 5.41) is 0. The molecule has 0 radical (unpaired) electrons. The second-order valence-corrected chi connectivity index (χ2v) is 13.5. The van der Waals surface area contributed by atoms with Crippen molar-refractivity contribution in [3.8, 4) is 0 Å². The monoisotopic (exact) mass is 362 g/mol. The van der Waals surface area contributed by atoms with Crippen LogP contribution in [0.1, 0.15) is 54.9 Å². The predicted octanol–water partition coefficient (Wildman–Crippen LogP) is 5.23. The van der Waals surface area contributed by atoms with Crippen LogP contribution in [0.4, 0.5) is 0 Å². The topological polar surface area (TPSA) is 35.5 Å². The maximum absolute atomic E-state index is 12.4. The Balaban J connectivity index is 3.20. The molecular weight excluding hydrogens is 328 g/mol. The number of carbonyl (C=O) groups excluding carboxylic acids is 1. The molecule has 0 amide bonds. The van der Waals surface area contributed by atoms with E-state index in [0.29, 0.717) is 0 Å². The number of ether oxygens (including phenoxy) is 1. The van der Waals surface area contributed by atoms with Crippen molar-refractivity contribution in [2.24, 2.45) is 17.8 Å². The van der Waals surface area contributed by atoms with Crippen LogP contribution in [0.25, 0.3) is 0 Å². The number of hydrogen-bond acceptors (Lipinski definition) is 3. The van der Waals surface area contributed by atoms with E-state index in [4.69, 9.17) is 20.8 Å². The molecule has 1 fully saturated rings. The smallest absolute Gasteiger partial charge is 0.309 e. The van der Waals surface area contributed by atoms with Gasteiger partial charge in [0.25, 0.3) is 0 Å². The Morgan fingerprint density at radius 1 is 1.26 bits per heavy atom. The number of halogens is 1. The van der Waals surface area contributed by atoms with Crippen molar-refractivity contribution in [1.82, 2.24) is 0 Å². The fraction of sp³-hybridized carbons (Fsp3) is 0.944. The molecule has 1 aliphatic rings. The summed E-state index contributed by atoms with van der Waals surface area (Å²) >= 11 is 6.65. The molecule has 0 aromatic heterocycles. The SMILES string of the molecule is CC[Si](CC)(CC)O[C@]1(C)C[C@@H](C(C)(C)Cl)[C@H](C(=O)OC)[C@H]1C. The molecule has 0 aromatic rings. The molecule has 1 aliphatic carbocycles. The van der Waals surface area contributed by atoms with Crippen LogP contribution < -0.4 is 0 Å². The molecule has 1 rings (SSSR count). The third kappa shape index (κ3) is 4.13. The highest BCUT2D eigenvalue weighted by Gasteiger charge is 2.58. The second kappa shape index (κ2) is 7.45. The van der Waals surface area contributed by atoms with Crippen molar-refractivity contribution < 1.29 is 14.0 Å². The van der Waals surface area contributed by atoms with Crippen molar-refractivity contribution >= 4 is 25.9 Å². The number of carbonyl (C=O) groups is 1. The lowest BCUT2D eigenvalue weighted by Gasteiger charge is -2.41. The van der Waals surface area contributed by atoms with Gasteiger partial charge in [-0.1, -0.05) is 27.7 Å². The number of methoxy groups -OCH3 is 1. The Bertz CT molecular complexity index is 409. The molecule has 0 bridgehead atoms. The zero-order valence-corrected chi connectivity index (χ0v) is 17.9. The Morgan fingerprint density at radius 2 is 1.74 bits per heavy atom. The van der Waals surface area contributed by atoms with E-state index in [2.05, 4.69) is 34.6 Å². The van der Waals surface area contributed by atoms with Crippen LogP contribution in [0.15, 0.2) is 0 Å². The highest BCUT2D eigenvalue weighted by molar-refractivity contribution is 6.73. The fourth-order valence-corrected chi connectivity index (χ4v) is 7.65. The summed E-state index contributed by atoms with van der Waals surface area (Å²) in [6.07, 6.45) is 0.819. The van der Waals surface area contributed by atoms with E-state index in [1.165, 1.54) is 7.11 Å². The quantitative estimate of drug-likeness (QED) is 0.353. The van der Waals surface area contributed by atoms with E-state index < -0.39 is 13.2 Å². The van der Waals surface area contributed by atoms with Gasteiger partial charge in [-0.3, -0.25) is 4.79 Å². The fourth-order valence-electron chi connectivity index (χ4n) is 4.25. The van der Waals surface area contributed by atoms with Gasteiger partial charge in [0.15, 0.2) is 8.32 Å². The van der Waals surface area contributed by atoms with E-state index in [-0.39, 0.29) is 29.3 Å². The first-order valence-corrected chi connectivity index (χ1v) is 11.9. The van der Waals surface area contributed by atoms with E-state index in [1.54, 1.807) is 0 Å². The Labute approximate surface area is 148 Å². The zero-order valence-electron chi connectivity index (χ0n) is 16.2. The number of hydrogen-bond donors (Lipinski definition) is 0. The molecule has 136 valence electrons. The first-order chi connectivity index (χ1) is 10.5. The van der Waals surface area contributed by atoms with Gasteiger partial charge in [0, 0.05) is 4.87 Å². The Hall–Kier alpha value is -0.0631. The van der Waals surface area contributed by atoms with E-state index in [1.807, 2.05) is 13.8 Å². The molecule has 23 heavy (non-hydrogen) atoms. The van der Waals surface area contributed by atoms with Gasteiger partial charge in [-0.2, -0.15) is 0 Å². The first kappa shape index (κ1) is 21.0. The molecule has 4 atom stereocenters. The summed E-state index contributed by atoms with van der Waals surface area (Å²) in [5.41, 5.74) is -0.302. The average molecular weight is 363 g/mol. The normalized spacial score (nSPS) is 32.1. The molecule has 0 heterocycles. The van der Waals surface area contributed by atoms with Crippen LogP contribution >= 0.6 is 11.6 Å². The molecule has 0 unspecified atom stereocenters. The maximum Gasteiger partial charge on any atom is 0.309 e. The van der Waals surface area contributed by atoms with Crippen molar-refractivity contribution in [1.29, 1.82) is 0 Å². The molecule has 0 saturated heterocycles. The molecular formula is C18H35ClO3Si. The first-order valence-electron chi connectivity index (χ1n) is 8.97. The third-order valence-corrected chi connectivity index (χ3v) is 11.3. The van der Waals surface area contributed by atoms with Crippen molar-refractivity contribution in [2.45, 2.75) is 83.5 Å². The minimum absolute atomic E-state index is 0.0638. The van der Waals surface area contributed by atoms with Gasteiger partial charge in [-0.25, -0.2) is 0 Å². The molecule has 3 nitrogen and oxygen atoms in total. The largest absolute Gasteiger partial charge is 0.469 e. The molecule has 0 spiro atoms. The van der Waals surface area contributed by atoms with E-state index in [9.17, 15) is 4.79 Å². The molecule has 0 aromatic carbocycles. The van der Waals surface area contributed by atoms with Gasteiger partial charge in [0.05, 0.1) is 18.6 Å². The van der Waals surface area contributed by atoms with E-state index in [0.717, 1.165) is 24.6 Å². The molecule has 5 heteroatoms. The molecule has 1 saturated carbocycles. The van der Waals surface area contributed by atoms with Crippen LogP contribution in [0.2, 0.25) is 18.1 Å². The van der Waals surface area contributed by atoms with Gasteiger partial charge < -0.3 is 9.16 Å². The lowest BCUT2D eigenvalue weighted by atomic mass is 9.82. The van der Waals surface area contributed by atoms with Gasteiger partial charge >= 0.3 is 5.97 Å². The molecule has 0 N–H and O–H groups in total. The number of rotatable bonds is 7. The van der Waals surface area contributed by atoms with Crippen LogP contribution in [0.5, 0.6) is 0 Å². The predicted molar refractivity (Wildman–Crippen MR) is 99.4 cm³/mol. The summed E-state index contributed by atoms with van der Waals surface area (Å²) in [6.45, 7) is 15.0. The summed E-state index contributed by atoms with van der Waals surface area (Å²) in [7, 11) is -0.290. The molecule has 0 aliphatic heterocycles. The van der Waals surface area contributed by atoms with E-state index >= 15 is 0 Å². The summed E-state index contributed by atoms with van der Waals surface area (Å²) in [6, 6.07) is 3.33. The van der Waals surface area contributed by atoms with Crippen molar-refractivity contribution in [3.63, 3.8) is 0 Å². The lowest BCUT2D eigenvalue weighted by Crippen LogP contribution is -2.48. The van der Waals surface area contributed by atoms with Crippen molar-refractivity contribution in [2.75, 3.05) is 7.11 Å². The van der Waals surface area contributed by atoms with Gasteiger partial charge in [0.1, 0.15) is 0 Å². The Morgan fingerprint density at radius 3 is 2.09 bits per heavy atom. The van der Waals surface area contributed by atoms with Gasteiger partial charge in [-0.15, -0.1) is 11.6 Å². The van der Waals surface area contributed by atoms with Crippen LogP contribution in [-0.4, -0.2) is 31.9 Å². The second-order valence-electron chi connectivity index (χ2n) is 7.87. The average Bonchev–Trinajstić information content (AvgIpc) is 2.76. The summed E-state index contributed by atoms with van der Waals surface area (Å²) in [4.78, 5) is 12.0. The standard InChI is InChI=1S/C18H35ClO3Si/c1-9-23(10-2,11-3)22-18(7)12-14(17(5,6)19)15(13(18)4)16(20)21-8/h13-15H,9-12H2,1-8H3/t13-,14-,15-,18-/m1/s1. The summed E-state index contributed by atoms with van der Waals surface area (Å²) in [5.74, 6) is -0.182. The van der Waals surface area contributed by atoms with Crippen molar-refractivity contribution in [3.05, 3.63) is 0 Å². The minimum atomic E-state index is -1.76. The third-order valence-electron chi connectivity index (χ3n) is 6.30. The highest BCUT2D eigenvalue weighted by Crippen LogP contribution is 2.53. The highest BCUT2D eigenvalue weighted by atomic mass is 35.5. The number of alkyl halides is 1. The van der Waals surface area contributed by atoms with Crippen LogP contribution in [0, 0.1) is 17.8 Å². The Kier molecular flexibility index (Phi) is 6.79.